The van der Waals surface area contributed by atoms with Crippen LogP contribution in [-0.4, -0.2) is 12.3 Å². The van der Waals surface area contributed by atoms with Crippen molar-refractivity contribution in [3.8, 4) is 5.75 Å². The molecular formula is C16H14O3. The maximum atomic E-state index is 11.7. The van der Waals surface area contributed by atoms with E-state index in [-0.39, 0.29) is 6.10 Å². The Morgan fingerprint density at radius 1 is 1.16 bits per heavy atom. The molecule has 4 rings (SSSR count). The molecule has 3 heteroatoms. The van der Waals surface area contributed by atoms with E-state index >= 15 is 0 Å². The van der Waals surface area contributed by atoms with E-state index < -0.39 is 6.16 Å². The number of carbonyl (C=O) groups excluding carboxylic acids is 1. The van der Waals surface area contributed by atoms with E-state index in [2.05, 4.69) is 6.92 Å². The van der Waals surface area contributed by atoms with Crippen molar-refractivity contribution in [2.24, 2.45) is 0 Å². The molecule has 96 valence electrons. The molecule has 1 aromatic rings. The van der Waals surface area contributed by atoms with Crippen LogP contribution in [0, 0.1) is 0 Å². The highest BCUT2D eigenvalue weighted by Crippen LogP contribution is 2.25. The van der Waals surface area contributed by atoms with Crippen molar-refractivity contribution in [3.05, 3.63) is 65.3 Å². The summed E-state index contributed by atoms with van der Waals surface area (Å²) in [6.07, 6.45) is 7.46. The molecule has 3 nitrogen and oxygen atoms in total. The molecule has 19 heavy (non-hydrogen) atoms. The van der Waals surface area contributed by atoms with Crippen molar-refractivity contribution in [2.45, 2.75) is 19.4 Å². The fourth-order valence-electron chi connectivity index (χ4n) is 2.32. The van der Waals surface area contributed by atoms with E-state index in [0.717, 1.165) is 12.0 Å². The van der Waals surface area contributed by atoms with Crippen molar-refractivity contribution in [1.82, 2.24) is 0 Å². The second kappa shape index (κ2) is 4.76. The van der Waals surface area contributed by atoms with Gasteiger partial charge in [0.15, 0.2) is 0 Å². The van der Waals surface area contributed by atoms with E-state index in [1.54, 1.807) is 12.1 Å². The summed E-state index contributed by atoms with van der Waals surface area (Å²) in [5, 5.41) is 0. The predicted octanol–water partition coefficient (Wildman–Crippen LogP) is 3.57. The van der Waals surface area contributed by atoms with Gasteiger partial charge in [-0.2, -0.15) is 0 Å². The molecule has 1 aliphatic carbocycles. The quantitative estimate of drug-likeness (QED) is 0.524. The van der Waals surface area contributed by atoms with Gasteiger partial charge in [0.25, 0.3) is 0 Å². The molecule has 2 heterocycles. The Labute approximate surface area is 111 Å². The first-order valence-corrected chi connectivity index (χ1v) is 6.24. The Hall–Kier alpha value is -2.29. The molecule has 1 unspecified atom stereocenters. The molecule has 0 amide bonds. The largest absolute Gasteiger partial charge is 0.514 e. The van der Waals surface area contributed by atoms with E-state index in [4.69, 9.17) is 9.47 Å². The molecule has 1 atom stereocenters. The van der Waals surface area contributed by atoms with Crippen molar-refractivity contribution >= 4 is 6.16 Å². The summed E-state index contributed by atoms with van der Waals surface area (Å²) in [4.78, 5) is 11.7. The molecule has 1 aromatic carbocycles. The molecule has 0 saturated heterocycles. The number of ether oxygens (including phenoxy) is 2. The van der Waals surface area contributed by atoms with Crippen molar-refractivity contribution in [3.63, 3.8) is 0 Å². The number of benzene rings is 1. The zero-order valence-corrected chi connectivity index (χ0v) is 10.6. The number of allylic oxidation sites excluding steroid dienone is 3. The van der Waals surface area contributed by atoms with Gasteiger partial charge in [-0.3, -0.25) is 0 Å². The van der Waals surface area contributed by atoms with E-state index in [1.165, 1.54) is 11.1 Å². The van der Waals surface area contributed by atoms with Crippen LogP contribution in [0.2, 0.25) is 0 Å². The molecule has 3 aliphatic rings. The first-order chi connectivity index (χ1) is 9.22. The number of hydrogen-bond donors (Lipinski definition) is 0. The Morgan fingerprint density at radius 3 is 2.74 bits per heavy atom. The lowest BCUT2D eigenvalue weighted by Gasteiger charge is -2.19. The number of rotatable bonds is 0. The van der Waals surface area contributed by atoms with Crippen LogP contribution in [0.5, 0.6) is 5.75 Å². The number of fused-ring (bicyclic) bond motifs is 5. The van der Waals surface area contributed by atoms with Gasteiger partial charge in [0.05, 0.1) is 0 Å². The summed E-state index contributed by atoms with van der Waals surface area (Å²) in [5.41, 5.74) is 3.39. The molecule has 2 bridgehead atoms. The predicted molar refractivity (Wildman–Crippen MR) is 72.0 cm³/mol. The van der Waals surface area contributed by atoms with E-state index in [0.29, 0.717) is 5.75 Å². The highest BCUT2D eigenvalue weighted by atomic mass is 16.7. The summed E-state index contributed by atoms with van der Waals surface area (Å²) in [6.45, 7) is 2.06. The van der Waals surface area contributed by atoms with Gasteiger partial charge in [-0.1, -0.05) is 35.9 Å². The number of hydrogen-bond acceptors (Lipinski definition) is 3. The molecule has 0 radical (unpaired) electrons. The maximum absolute atomic E-state index is 11.7. The molecular weight excluding hydrogens is 240 g/mol. The summed E-state index contributed by atoms with van der Waals surface area (Å²) in [7, 11) is 0. The fourth-order valence-corrected chi connectivity index (χ4v) is 2.32. The first kappa shape index (κ1) is 11.8. The first-order valence-electron chi connectivity index (χ1n) is 6.24. The van der Waals surface area contributed by atoms with Gasteiger partial charge in [-0.05, 0) is 42.7 Å². The van der Waals surface area contributed by atoms with Crippen LogP contribution in [0.25, 0.3) is 0 Å². The lowest BCUT2D eigenvalue weighted by molar-refractivity contribution is 0.0878. The molecule has 0 aromatic heterocycles. The van der Waals surface area contributed by atoms with Gasteiger partial charge in [0, 0.05) is 0 Å². The molecule has 2 aliphatic heterocycles. The summed E-state index contributed by atoms with van der Waals surface area (Å²) < 4.78 is 10.5. The fraction of sp³-hybridized carbons (Fsp3) is 0.188. The molecule has 0 spiro atoms. The van der Waals surface area contributed by atoms with Crippen LogP contribution in [0.4, 0.5) is 4.79 Å². The van der Waals surface area contributed by atoms with Crippen molar-refractivity contribution in [1.29, 1.82) is 0 Å². The smallest absolute Gasteiger partial charge is 0.421 e. The summed E-state index contributed by atoms with van der Waals surface area (Å²) >= 11 is 0. The SMILES string of the molecule is C/C1=C2\C=CC=CC2OC(=O)Oc2ccc(cc2)C1. The van der Waals surface area contributed by atoms with Crippen LogP contribution in [0.1, 0.15) is 12.5 Å². The van der Waals surface area contributed by atoms with Crippen molar-refractivity contribution in [2.75, 3.05) is 0 Å². The third-order valence-corrected chi connectivity index (χ3v) is 3.29. The zero-order chi connectivity index (χ0) is 13.2. The standard InChI is InChI=1S/C16H14O3/c1-11-10-12-6-8-13(9-7-12)18-16(17)19-15-5-3-2-4-14(11)15/h2-9,15H,10H2,1H3/b14-11-. The Balaban J connectivity index is 2.05. The second-order valence-corrected chi connectivity index (χ2v) is 4.69. The van der Waals surface area contributed by atoms with Crippen LogP contribution >= 0.6 is 0 Å². The van der Waals surface area contributed by atoms with Crippen LogP contribution in [0.3, 0.4) is 0 Å². The highest BCUT2D eigenvalue weighted by Gasteiger charge is 2.21. The lowest BCUT2D eigenvalue weighted by Crippen LogP contribution is -2.22. The molecule has 0 saturated carbocycles. The van der Waals surface area contributed by atoms with Gasteiger partial charge < -0.3 is 9.47 Å². The van der Waals surface area contributed by atoms with Gasteiger partial charge in [-0.15, -0.1) is 0 Å². The van der Waals surface area contributed by atoms with E-state index in [9.17, 15) is 4.79 Å². The minimum Gasteiger partial charge on any atom is -0.421 e. The maximum Gasteiger partial charge on any atom is 0.514 e. The van der Waals surface area contributed by atoms with E-state index in [1.807, 2.05) is 36.4 Å². The van der Waals surface area contributed by atoms with Gasteiger partial charge in [0.2, 0.25) is 0 Å². The van der Waals surface area contributed by atoms with Crippen LogP contribution in [-0.2, 0) is 11.2 Å². The lowest BCUT2D eigenvalue weighted by atomic mass is 9.95. The average molecular weight is 254 g/mol. The summed E-state index contributed by atoms with van der Waals surface area (Å²) in [5.74, 6) is 0.505. The second-order valence-electron chi connectivity index (χ2n) is 4.69. The Morgan fingerprint density at radius 2 is 1.95 bits per heavy atom. The topological polar surface area (TPSA) is 35.5 Å². The van der Waals surface area contributed by atoms with Crippen molar-refractivity contribution < 1.29 is 14.3 Å². The Bertz CT molecular complexity index is 591. The average Bonchev–Trinajstić information content (AvgIpc) is 2.44. The minimum atomic E-state index is -0.676. The number of carbonyl (C=O) groups is 1. The van der Waals surface area contributed by atoms with Gasteiger partial charge in [0.1, 0.15) is 11.9 Å². The summed E-state index contributed by atoms with van der Waals surface area (Å²) in [6, 6.07) is 7.51. The normalized spacial score (nSPS) is 25.3. The minimum absolute atomic E-state index is 0.365. The highest BCUT2D eigenvalue weighted by molar-refractivity contribution is 5.65. The van der Waals surface area contributed by atoms with Gasteiger partial charge >= 0.3 is 6.16 Å². The van der Waals surface area contributed by atoms with Crippen LogP contribution in [0.15, 0.2) is 59.7 Å². The molecule has 0 N–H and O–H groups in total. The molecule has 0 fully saturated rings. The third-order valence-electron chi connectivity index (χ3n) is 3.29. The third kappa shape index (κ3) is 2.45. The van der Waals surface area contributed by atoms with Crippen LogP contribution < -0.4 is 4.74 Å². The Kier molecular flexibility index (Phi) is 2.95. The zero-order valence-electron chi connectivity index (χ0n) is 10.6. The monoisotopic (exact) mass is 254 g/mol. The van der Waals surface area contributed by atoms with Gasteiger partial charge in [-0.25, -0.2) is 4.79 Å².